The molecule has 0 aliphatic carbocycles. The van der Waals surface area contributed by atoms with E-state index in [0.717, 1.165) is 33.4 Å². The highest BCUT2D eigenvalue weighted by molar-refractivity contribution is 5.74. The molecule has 0 aliphatic heterocycles. The summed E-state index contributed by atoms with van der Waals surface area (Å²) in [5.41, 5.74) is 12.8. The molecule has 0 fully saturated rings. The maximum atomic E-state index is 10.7. The van der Waals surface area contributed by atoms with E-state index < -0.39 is 12.1 Å². The predicted molar refractivity (Wildman–Crippen MR) is 126 cm³/mol. The fourth-order valence-electron chi connectivity index (χ4n) is 3.64. The summed E-state index contributed by atoms with van der Waals surface area (Å²) in [5, 5.41) is 10.7. The summed E-state index contributed by atoms with van der Waals surface area (Å²) in [6, 6.07) is 36.1. The van der Waals surface area contributed by atoms with E-state index in [-0.39, 0.29) is 6.61 Å². The molecule has 3 N–H and O–H groups in total. The highest BCUT2D eigenvalue weighted by atomic mass is 16.5. The van der Waals surface area contributed by atoms with Gasteiger partial charge in [-0.1, -0.05) is 91.0 Å². The summed E-state index contributed by atoms with van der Waals surface area (Å²) >= 11 is 0. The molecule has 0 amide bonds. The van der Waals surface area contributed by atoms with E-state index in [1.807, 2.05) is 66.7 Å². The number of hydrogen-bond acceptors (Lipinski definition) is 3. The van der Waals surface area contributed by atoms with Crippen molar-refractivity contribution >= 4 is 0 Å². The lowest BCUT2D eigenvalue weighted by Crippen LogP contribution is -2.30. The van der Waals surface area contributed by atoms with E-state index in [4.69, 9.17) is 10.5 Å². The second-order valence-corrected chi connectivity index (χ2v) is 7.67. The van der Waals surface area contributed by atoms with Crippen molar-refractivity contribution in [3.05, 3.63) is 120 Å². The first kappa shape index (κ1) is 21.0. The van der Waals surface area contributed by atoms with Crippen molar-refractivity contribution in [2.24, 2.45) is 5.73 Å². The fourth-order valence-corrected chi connectivity index (χ4v) is 3.64. The monoisotopic (exact) mass is 409 g/mol. The van der Waals surface area contributed by atoms with Gasteiger partial charge in [-0.15, -0.1) is 0 Å². The SMILES string of the molecule is N[C@H](c1cc(-c2ccccc2)cc(-c2ccccc2)c1)[C@@H](O)COCc1ccccc1. The van der Waals surface area contributed by atoms with Gasteiger partial charge in [0.15, 0.2) is 0 Å². The molecule has 0 saturated heterocycles. The number of rotatable bonds is 8. The van der Waals surface area contributed by atoms with Crippen LogP contribution in [0.2, 0.25) is 0 Å². The quantitative estimate of drug-likeness (QED) is 0.398. The van der Waals surface area contributed by atoms with Crippen molar-refractivity contribution in [3.63, 3.8) is 0 Å². The molecule has 0 unspecified atom stereocenters. The zero-order valence-electron chi connectivity index (χ0n) is 17.4. The molecular formula is C28H27NO2. The normalized spacial score (nSPS) is 13.0. The largest absolute Gasteiger partial charge is 0.389 e. The number of ether oxygens (including phenoxy) is 1. The third-order valence-electron chi connectivity index (χ3n) is 5.37. The molecule has 0 saturated carbocycles. The maximum absolute atomic E-state index is 10.7. The van der Waals surface area contributed by atoms with Gasteiger partial charge in [-0.25, -0.2) is 0 Å². The molecule has 31 heavy (non-hydrogen) atoms. The summed E-state index contributed by atoms with van der Waals surface area (Å²) < 4.78 is 5.72. The summed E-state index contributed by atoms with van der Waals surface area (Å²) in [6.45, 7) is 0.621. The third-order valence-corrected chi connectivity index (χ3v) is 5.37. The summed E-state index contributed by atoms with van der Waals surface area (Å²) in [4.78, 5) is 0. The lowest BCUT2D eigenvalue weighted by Gasteiger charge is -2.21. The Bertz CT molecular complexity index is 1020. The summed E-state index contributed by atoms with van der Waals surface area (Å²) in [7, 11) is 0. The predicted octanol–water partition coefficient (Wildman–Crippen LogP) is 5.60. The van der Waals surface area contributed by atoms with Gasteiger partial charge in [0.2, 0.25) is 0 Å². The zero-order valence-corrected chi connectivity index (χ0v) is 17.4. The molecule has 0 radical (unpaired) electrons. The van der Waals surface area contributed by atoms with Crippen LogP contribution in [0.5, 0.6) is 0 Å². The van der Waals surface area contributed by atoms with E-state index in [2.05, 4.69) is 42.5 Å². The van der Waals surface area contributed by atoms with Crippen molar-refractivity contribution in [3.8, 4) is 22.3 Å². The Morgan fingerprint density at radius 2 is 1.13 bits per heavy atom. The lowest BCUT2D eigenvalue weighted by atomic mass is 9.92. The smallest absolute Gasteiger partial charge is 0.0965 e. The second kappa shape index (κ2) is 10.2. The van der Waals surface area contributed by atoms with Crippen molar-refractivity contribution in [2.75, 3.05) is 6.61 Å². The van der Waals surface area contributed by atoms with Crippen LogP contribution in [0.1, 0.15) is 17.2 Å². The first-order valence-electron chi connectivity index (χ1n) is 10.5. The van der Waals surface area contributed by atoms with Gasteiger partial charge in [0, 0.05) is 0 Å². The lowest BCUT2D eigenvalue weighted by molar-refractivity contribution is 0.0156. The molecule has 4 aromatic rings. The van der Waals surface area contributed by atoms with Gasteiger partial charge in [-0.05, 0) is 51.6 Å². The average molecular weight is 410 g/mol. The van der Waals surface area contributed by atoms with E-state index in [1.165, 1.54) is 0 Å². The molecule has 0 aromatic heterocycles. The second-order valence-electron chi connectivity index (χ2n) is 7.67. The Morgan fingerprint density at radius 1 is 0.645 bits per heavy atom. The molecule has 2 atom stereocenters. The van der Waals surface area contributed by atoms with Gasteiger partial charge >= 0.3 is 0 Å². The zero-order chi connectivity index (χ0) is 21.5. The van der Waals surface area contributed by atoms with Gasteiger partial charge < -0.3 is 15.6 Å². The van der Waals surface area contributed by atoms with Crippen LogP contribution in [-0.4, -0.2) is 17.8 Å². The highest BCUT2D eigenvalue weighted by Gasteiger charge is 2.19. The van der Waals surface area contributed by atoms with Crippen LogP contribution >= 0.6 is 0 Å². The van der Waals surface area contributed by atoms with E-state index in [0.29, 0.717) is 6.61 Å². The number of nitrogens with two attached hydrogens (primary N) is 1. The Balaban J connectivity index is 1.57. The average Bonchev–Trinajstić information content (AvgIpc) is 2.85. The molecule has 4 aromatic carbocycles. The topological polar surface area (TPSA) is 55.5 Å². The van der Waals surface area contributed by atoms with Crippen LogP contribution < -0.4 is 5.73 Å². The van der Waals surface area contributed by atoms with Crippen molar-refractivity contribution in [1.29, 1.82) is 0 Å². The number of benzene rings is 4. The summed E-state index contributed by atoms with van der Waals surface area (Å²) in [6.07, 6.45) is -0.807. The molecule has 156 valence electrons. The van der Waals surface area contributed by atoms with E-state index in [1.54, 1.807) is 0 Å². The summed E-state index contributed by atoms with van der Waals surface area (Å²) in [5.74, 6) is 0. The van der Waals surface area contributed by atoms with Gasteiger partial charge in [0.1, 0.15) is 0 Å². The molecule has 3 nitrogen and oxygen atoms in total. The number of aliphatic hydroxyl groups is 1. The first-order valence-corrected chi connectivity index (χ1v) is 10.5. The van der Waals surface area contributed by atoms with Crippen molar-refractivity contribution < 1.29 is 9.84 Å². The van der Waals surface area contributed by atoms with Gasteiger partial charge in [-0.2, -0.15) is 0 Å². The molecule has 0 spiro atoms. The molecule has 0 bridgehead atoms. The highest BCUT2D eigenvalue weighted by Crippen LogP contribution is 2.31. The third kappa shape index (κ3) is 5.47. The number of aliphatic hydroxyl groups excluding tert-OH is 1. The van der Waals surface area contributed by atoms with Crippen molar-refractivity contribution in [1.82, 2.24) is 0 Å². The minimum Gasteiger partial charge on any atom is -0.389 e. The van der Waals surface area contributed by atoms with Crippen LogP contribution in [-0.2, 0) is 11.3 Å². The molecule has 0 heterocycles. The van der Waals surface area contributed by atoms with Crippen molar-refractivity contribution in [2.45, 2.75) is 18.8 Å². The Kier molecular flexibility index (Phi) is 6.90. The van der Waals surface area contributed by atoms with Gasteiger partial charge in [-0.3, -0.25) is 0 Å². The minimum absolute atomic E-state index is 0.173. The first-order chi connectivity index (χ1) is 15.2. The Morgan fingerprint density at radius 3 is 1.65 bits per heavy atom. The Hall–Kier alpha value is -3.24. The minimum atomic E-state index is -0.807. The fraction of sp³-hybridized carbons (Fsp3) is 0.143. The van der Waals surface area contributed by atoms with Gasteiger partial charge in [0.25, 0.3) is 0 Å². The number of hydrogen-bond donors (Lipinski definition) is 2. The van der Waals surface area contributed by atoms with Crippen LogP contribution in [0.3, 0.4) is 0 Å². The van der Waals surface area contributed by atoms with Crippen LogP contribution in [0.4, 0.5) is 0 Å². The van der Waals surface area contributed by atoms with E-state index >= 15 is 0 Å². The molecule has 3 heteroatoms. The Labute approximate surface area is 183 Å². The van der Waals surface area contributed by atoms with Gasteiger partial charge in [0.05, 0.1) is 25.4 Å². The van der Waals surface area contributed by atoms with Crippen LogP contribution in [0, 0.1) is 0 Å². The standard InChI is InChI=1S/C28H27NO2/c29-28(27(30)20-31-19-21-10-4-1-5-11-21)26-17-24(22-12-6-2-7-13-22)16-25(18-26)23-14-8-3-9-15-23/h1-18,27-28,30H,19-20,29H2/t27-,28+/m0/s1. The molecule has 0 aliphatic rings. The maximum Gasteiger partial charge on any atom is 0.0965 e. The van der Waals surface area contributed by atoms with Crippen LogP contribution in [0.15, 0.2) is 109 Å². The molecular weight excluding hydrogens is 382 g/mol. The molecule has 4 rings (SSSR count). The van der Waals surface area contributed by atoms with Crippen LogP contribution in [0.25, 0.3) is 22.3 Å². The van der Waals surface area contributed by atoms with E-state index in [9.17, 15) is 5.11 Å².